The van der Waals surface area contributed by atoms with Crippen LogP contribution in [-0.2, 0) is 9.53 Å². The average molecular weight is 265 g/mol. The Morgan fingerprint density at radius 3 is 2.95 bits per heavy atom. The Labute approximate surface area is 106 Å². The molecule has 19 heavy (non-hydrogen) atoms. The molecule has 1 fully saturated rings. The first kappa shape index (κ1) is 11.8. The zero-order valence-electron chi connectivity index (χ0n) is 9.67. The number of aromatic nitrogens is 4. The number of fused-ring (bicyclic) bond motifs is 1. The highest BCUT2D eigenvalue weighted by Gasteiger charge is 2.40. The number of ether oxygens (including phenoxy) is 1. The number of rotatable bonds is 2. The molecule has 3 heterocycles. The highest BCUT2D eigenvalue weighted by atomic mass is 16.6. The maximum Gasteiger partial charge on any atom is 0.335 e. The van der Waals surface area contributed by atoms with E-state index in [1.165, 1.54) is 12.7 Å². The van der Waals surface area contributed by atoms with Crippen molar-refractivity contribution in [3.63, 3.8) is 0 Å². The first-order valence-electron chi connectivity index (χ1n) is 5.57. The van der Waals surface area contributed by atoms with Gasteiger partial charge in [0.1, 0.15) is 18.1 Å². The van der Waals surface area contributed by atoms with Gasteiger partial charge in [-0.15, -0.1) is 0 Å². The summed E-state index contributed by atoms with van der Waals surface area (Å²) in [5, 5.41) is 18.6. The average Bonchev–Trinajstić information content (AvgIpc) is 2.93. The van der Waals surface area contributed by atoms with Crippen molar-refractivity contribution in [1.82, 2.24) is 19.5 Å². The highest BCUT2D eigenvalue weighted by Crippen LogP contribution is 2.31. The summed E-state index contributed by atoms with van der Waals surface area (Å²) in [5.41, 5.74) is 6.52. The predicted molar refractivity (Wildman–Crippen MR) is 61.9 cm³/mol. The molecule has 0 amide bonds. The number of aliphatic hydroxyl groups is 1. The van der Waals surface area contributed by atoms with Gasteiger partial charge in [-0.1, -0.05) is 0 Å². The Morgan fingerprint density at radius 2 is 2.26 bits per heavy atom. The molecule has 3 rings (SSSR count). The van der Waals surface area contributed by atoms with Gasteiger partial charge in [0.15, 0.2) is 17.6 Å². The molecular formula is C10H11N5O4. The summed E-state index contributed by atoms with van der Waals surface area (Å²) >= 11 is 0. The minimum absolute atomic E-state index is 0.145. The molecule has 1 saturated heterocycles. The smallest absolute Gasteiger partial charge is 0.335 e. The lowest BCUT2D eigenvalue weighted by Gasteiger charge is -2.12. The lowest BCUT2D eigenvalue weighted by Crippen LogP contribution is -2.29. The standard InChI is InChI=1S/C10H11N5O4/c11-8-6-9(13-2-12-8)15(3-14-6)5-1-4(16)7(19-5)10(17)18/h2-5,7,16H,1H2,(H,17,18)(H2,11,12,13)/t4-,5+,7-/m0/s1. The first-order valence-corrected chi connectivity index (χ1v) is 5.57. The second-order valence-electron chi connectivity index (χ2n) is 4.24. The van der Waals surface area contributed by atoms with E-state index in [1.807, 2.05) is 0 Å². The van der Waals surface area contributed by atoms with Gasteiger partial charge in [-0.25, -0.2) is 19.7 Å². The van der Waals surface area contributed by atoms with Crippen LogP contribution in [0.2, 0.25) is 0 Å². The van der Waals surface area contributed by atoms with Crippen LogP contribution in [-0.4, -0.2) is 47.9 Å². The quantitative estimate of drug-likeness (QED) is 0.638. The second-order valence-corrected chi connectivity index (χ2v) is 4.24. The zero-order valence-corrected chi connectivity index (χ0v) is 9.67. The number of aliphatic hydroxyl groups excluding tert-OH is 1. The van der Waals surface area contributed by atoms with E-state index < -0.39 is 24.4 Å². The van der Waals surface area contributed by atoms with Crippen LogP contribution in [0.3, 0.4) is 0 Å². The van der Waals surface area contributed by atoms with Crippen LogP contribution < -0.4 is 5.73 Å². The minimum Gasteiger partial charge on any atom is -0.479 e. The Kier molecular flexibility index (Phi) is 2.57. The van der Waals surface area contributed by atoms with Gasteiger partial charge >= 0.3 is 5.97 Å². The summed E-state index contributed by atoms with van der Waals surface area (Å²) in [4.78, 5) is 22.8. The molecule has 1 aliphatic rings. The van der Waals surface area contributed by atoms with E-state index in [0.29, 0.717) is 11.2 Å². The summed E-state index contributed by atoms with van der Waals surface area (Å²) < 4.78 is 6.84. The van der Waals surface area contributed by atoms with Crippen LogP contribution in [0.1, 0.15) is 12.6 Å². The molecule has 9 nitrogen and oxygen atoms in total. The third-order valence-electron chi connectivity index (χ3n) is 3.04. The van der Waals surface area contributed by atoms with Crippen molar-refractivity contribution in [3.05, 3.63) is 12.7 Å². The molecule has 0 spiro atoms. The summed E-state index contributed by atoms with van der Waals surface area (Å²) in [6.07, 6.45) is -0.0873. The highest BCUT2D eigenvalue weighted by molar-refractivity contribution is 5.81. The third kappa shape index (κ3) is 1.79. The van der Waals surface area contributed by atoms with E-state index in [9.17, 15) is 9.90 Å². The Bertz CT molecular complexity index is 642. The fraction of sp³-hybridized carbons (Fsp3) is 0.400. The molecule has 0 aromatic carbocycles. The van der Waals surface area contributed by atoms with Crippen molar-refractivity contribution in [2.24, 2.45) is 0 Å². The fourth-order valence-electron chi connectivity index (χ4n) is 2.13. The van der Waals surface area contributed by atoms with E-state index in [0.717, 1.165) is 0 Å². The Hall–Kier alpha value is -2.26. The van der Waals surface area contributed by atoms with Crippen LogP contribution in [0.25, 0.3) is 11.2 Å². The molecule has 100 valence electrons. The van der Waals surface area contributed by atoms with Gasteiger partial charge in [-0.3, -0.25) is 4.57 Å². The summed E-state index contributed by atoms with van der Waals surface area (Å²) in [7, 11) is 0. The van der Waals surface area contributed by atoms with Gasteiger partial charge in [0.25, 0.3) is 0 Å². The van der Waals surface area contributed by atoms with Crippen molar-refractivity contribution in [1.29, 1.82) is 0 Å². The second kappa shape index (κ2) is 4.14. The number of nitrogens with zero attached hydrogens (tertiary/aromatic N) is 4. The number of anilines is 1. The molecule has 0 radical (unpaired) electrons. The molecule has 9 heteroatoms. The van der Waals surface area contributed by atoms with Crippen molar-refractivity contribution in [3.8, 4) is 0 Å². The van der Waals surface area contributed by atoms with Gasteiger partial charge in [0.2, 0.25) is 0 Å². The number of hydrogen-bond acceptors (Lipinski definition) is 7. The number of hydrogen-bond donors (Lipinski definition) is 3. The number of carboxylic acid groups (broad SMARTS) is 1. The molecule has 0 saturated carbocycles. The van der Waals surface area contributed by atoms with Crippen LogP contribution in [0.4, 0.5) is 5.82 Å². The van der Waals surface area contributed by atoms with E-state index in [1.54, 1.807) is 4.57 Å². The fourth-order valence-corrected chi connectivity index (χ4v) is 2.13. The van der Waals surface area contributed by atoms with Crippen LogP contribution in [0.15, 0.2) is 12.7 Å². The van der Waals surface area contributed by atoms with Crippen molar-refractivity contribution < 1.29 is 19.7 Å². The van der Waals surface area contributed by atoms with Gasteiger partial charge in [-0.2, -0.15) is 0 Å². The molecule has 0 bridgehead atoms. The van der Waals surface area contributed by atoms with Crippen LogP contribution in [0, 0.1) is 0 Å². The normalized spacial score (nSPS) is 26.9. The summed E-state index contributed by atoms with van der Waals surface area (Å²) in [5.74, 6) is -0.967. The molecule has 3 atom stereocenters. The molecule has 1 aliphatic heterocycles. The van der Waals surface area contributed by atoms with Crippen molar-refractivity contribution >= 4 is 23.0 Å². The third-order valence-corrected chi connectivity index (χ3v) is 3.04. The van der Waals surface area contributed by atoms with E-state index >= 15 is 0 Å². The number of carbonyl (C=O) groups is 1. The number of carboxylic acids is 1. The minimum atomic E-state index is -1.25. The lowest BCUT2D eigenvalue weighted by molar-refractivity contribution is -0.155. The maximum atomic E-state index is 10.9. The molecule has 0 unspecified atom stereocenters. The van der Waals surface area contributed by atoms with Gasteiger partial charge < -0.3 is 20.7 Å². The first-order chi connectivity index (χ1) is 9.08. The molecule has 4 N–H and O–H groups in total. The van der Waals surface area contributed by atoms with E-state index in [4.69, 9.17) is 15.6 Å². The lowest BCUT2D eigenvalue weighted by atomic mass is 10.2. The van der Waals surface area contributed by atoms with Gasteiger partial charge in [0, 0.05) is 6.42 Å². The Morgan fingerprint density at radius 1 is 1.47 bits per heavy atom. The Balaban J connectivity index is 1.98. The molecule has 2 aromatic heterocycles. The van der Waals surface area contributed by atoms with Gasteiger partial charge in [-0.05, 0) is 0 Å². The number of nitrogens with two attached hydrogens (primary N) is 1. The van der Waals surface area contributed by atoms with Crippen molar-refractivity contribution in [2.45, 2.75) is 24.9 Å². The zero-order chi connectivity index (χ0) is 13.6. The maximum absolute atomic E-state index is 10.9. The van der Waals surface area contributed by atoms with Crippen molar-refractivity contribution in [2.75, 3.05) is 5.73 Å². The number of imidazole rings is 1. The predicted octanol–water partition coefficient (Wildman–Crippen LogP) is -0.859. The summed E-state index contributed by atoms with van der Waals surface area (Å²) in [6, 6.07) is 0. The topological polar surface area (TPSA) is 136 Å². The number of nitrogen functional groups attached to an aromatic ring is 1. The van der Waals surface area contributed by atoms with Crippen LogP contribution in [0.5, 0.6) is 0 Å². The largest absolute Gasteiger partial charge is 0.479 e. The number of aliphatic carboxylic acids is 1. The summed E-state index contributed by atoms with van der Waals surface area (Å²) in [6.45, 7) is 0. The monoisotopic (exact) mass is 265 g/mol. The van der Waals surface area contributed by atoms with Gasteiger partial charge in [0.05, 0.1) is 12.4 Å². The van der Waals surface area contributed by atoms with E-state index in [2.05, 4.69) is 15.0 Å². The molecule has 2 aromatic rings. The molecular weight excluding hydrogens is 254 g/mol. The molecule has 0 aliphatic carbocycles. The van der Waals surface area contributed by atoms with E-state index in [-0.39, 0.29) is 12.2 Å². The van der Waals surface area contributed by atoms with Crippen LogP contribution >= 0.6 is 0 Å². The SMILES string of the molecule is Nc1ncnc2c1ncn2[C@H]1C[C@H](O)[C@@H](C(=O)O)O1.